The summed E-state index contributed by atoms with van der Waals surface area (Å²) in [5, 5.41) is 14.4. The fourth-order valence-electron chi connectivity index (χ4n) is 6.07. The lowest BCUT2D eigenvalue weighted by atomic mass is 10.0. The van der Waals surface area contributed by atoms with E-state index in [-0.39, 0.29) is 17.9 Å². The van der Waals surface area contributed by atoms with Crippen molar-refractivity contribution in [3.63, 3.8) is 0 Å². The summed E-state index contributed by atoms with van der Waals surface area (Å²) < 4.78 is 33.0. The van der Waals surface area contributed by atoms with E-state index in [1.54, 1.807) is 18.2 Å². The van der Waals surface area contributed by atoms with Crippen LogP contribution in [0.4, 0.5) is 20.3 Å². The Hall–Kier alpha value is -4.35. The second-order valence-electron chi connectivity index (χ2n) is 12.1. The Balaban J connectivity index is 1.24. The van der Waals surface area contributed by atoms with Crippen LogP contribution in [-0.4, -0.2) is 83.3 Å². The van der Waals surface area contributed by atoms with Crippen LogP contribution in [0.25, 0.3) is 10.9 Å². The van der Waals surface area contributed by atoms with Crippen molar-refractivity contribution in [2.75, 3.05) is 50.0 Å². The number of halogens is 2. The third kappa shape index (κ3) is 7.15. The second kappa shape index (κ2) is 13.3. The molecule has 2 aliphatic heterocycles. The monoisotopic (exact) mass is 616 g/mol. The average molecular weight is 617 g/mol. The number of nitrogens with zero attached hydrogens (tertiary/aromatic N) is 3. The summed E-state index contributed by atoms with van der Waals surface area (Å²) in [6.07, 6.45) is 1.89. The van der Waals surface area contributed by atoms with Crippen LogP contribution in [0.1, 0.15) is 58.5 Å². The van der Waals surface area contributed by atoms with E-state index in [2.05, 4.69) is 39.6 Å². The standard InChI is InChI=1S/C34H38F2N6O3/c1-21(2)41-9-11-42(12-10-41)34(44)24-4-5-28(31(19-24)37-27-7-13-45-14-8-27)33(43)38-32-29-18-22(3-6-30(29)39-40-32)15-23-16-25(35)20-26(36)17-23/h3-6,16-21,27,37H,7-15H2,1-2H3,(H2,38,39,40,43). The Kier molecular flexibility index (Phi) is 9.09. The molecular weight excluding hydrogens is 578 g/mol. The Bertz CT molecular complexity index is 1670. The molecule has 9 nitrogen and oxygen atoms in total. The SMILES string of the molecule is CC(C)N1CCN(C(=O)c2ccc(C(=O)Nc3n[nH]c4ccc(Cc5cc(F)cc(F)c5)cc34)c(NC3CCOCC3)c2)CC1. The molecule has 0 spiro atoms. The van der Waals surface area contributed by atoms with Crippen molar-refractivity contribution in [1.29, 1.82) is 0 Å². The minimum Gasteiger partial charge on any atom is -0.381 e. The molecule has 6 rings (SSSR count). The zero-order valence-corrected chi connectivity index (χ0v) is 25.5. The van der Waals surface area contributed by atoms with Crippen LogP contribution in [-0.2, 0) is 11.2 Å². The van der Waals surface area contributed by atoms with Crippen molar-refractivity contribution in [2.24, 2.45) is 0 Å². The lowest BCUT2D eigenvalue weighted by Gasteiger charge is -2.37. The molecule has 0 aliphatic carbocycles. The molecule has 236 valence electrons. The van der Waals surface area contributed by atoms with Gasteiger partial charge in [-0.1, -0.05) is 6.07 Å². The average Bonchev–Trinajstić information content (AvgIpc) is 3.42. The summed E-state index contributed by atoms with van der Waals surface area (Å²) in [5.41, 5.74) is 3.52. The second-order valence-corrected chi connectivity index (χ2v) is 12.1. The van der Waals surface area contributed by atoms with E-state index in [1.165, 1.54) is 12.1 Å². The van der Waals surface area contributed by atoms with Crippen LogP contribution in [0.3, 0.4) is 0 Å². The number of aromatic nitrogens is 2. The van der Waals surface area contributed by atoms with E-state index < -0.39 is 11.6 Å². The first kappa shape index (κ1) is 30.7. The van der Waals surface area contributed by atoms with Gasteiger partial charge in [-0.3, -0.25) is 19.6 Å². The zero-order valence-electron chi connectivity index (χ0n) is 25.5. The predicted molar refractivity (Wildman–Crippen MR) is 170 cm³/mol. The number of H-pyrrole nitrogens is 1. The number of benzene rings is 3. The number of piperazine rings is 1. The molecule has 2 fully saturated rings. The Labute approximate surface area is 260 Å². The summed E-state index contributed by atoms with van der Waals surface area (Å²) in [5.74, 6) is -1.35. The van der Waals surface area contributed by atoms with Gasteiger partial charge in [0.1, 0.15) is 11.6 Å². The highest BCUT2D eigenvalue weighted by Gasteiger charge is 2.26. The third-order valence-electron chi connectivity index (χ3n) is 8.61. The van der Waals surface area contributed by atoms with Crippen LogP contribution in [0.2, 0.25) is 0 Å². The van der Waals surface area contributed by atoms with Gasteiger partial charge in [0.05, 0.1) is 11.1 Å². The number of hydrogen-bond donors (Lipinski definition) is 3. The zero-order chi connectivity index (χ0) is 31.5. The van der Waals surface area contributed by atoms with Gasteiger partial charge >= 0.3 is 0 Å². The number of amides is 2. The first-order valence-corrected chi connectivity index (χ1v) is 15.5. The van der Waals surface area contributed by atoms with E-state index in [1.807, 2.05) is 23.1 Å². The molecule has 11 heteroatoms. The van der Waals surface area contributed by atoms with Gasteiger partial charge in [-0.25, -0.2) is 8.78 Å². The summed E-state index contributed by atoms with van der Waals surface area (Å²) in [6, 6.07) is 14.7. The molecule has 45 heavy (non-hydrogen) atoms. The van der Waals surface area contributed by atoms with Crippen LogP contribution in [0, 0.1) is 11.6 Å². The smallest absolute Gasteiger partial charge is 0.258 e. The fourth-order valence-corrected chi connectivity index (χ4v) is 6.07. The number of rotatable bonds is 8. The van der Waals surface area contributed by atoms with Gasteiger partial charge < -0.3 is 20.3 Å². The molecule has 0 radical (unpaired) electrons. The maximum absolute atomic E-state index is 13.8. The number of nitrogens with one attached hydrogen (secondary N) is 3. The van der Waals surface area contributed by atoms with Crippen LogP contribution < -0.4 is 10.6 Å². The molecule has 0 atom stereocenters. The minimum absolute atomic E-state index is 0.0515. The van der Waals surface area contributed by atoms with E-state index in [0.717, 1.165) is 37.6 Å². The van der Waals surface area contributed by atoms with Crippen molar-refractivity contribution >= 4 is 34.2 Å². The van der Waals surface area contributed by atoms with Gasteiger partial charge in [-0.2, -0.15) is 5.10 Å². The van der Waals surface area contributed by atoms with Gasteiger partial charge in [-0.05, 0) is 86.7 Å². The Morgan fingerprint density at radius 3 is 2.40 bits per heavy atom. The minimum atomic E-state index is -0.631. The summed E-state index contributed by atoms with van der Waals surface area (Å²) in [6.45, 7) is 8.55. The van der Waals surface area contributed by atoms with Crippen LogP contribution in [0.5, 0.6) is 0 Å². The maximum Gasteiger partial charge on any atom is 0.258 e. The highest BCUT2D eigenvalue weighted by atomic mass is 19.1. The Morgan fingerprint density at radius 2 is 1.69 bits per heavy atom. The van der Waals surface area contributed by atoms with Crippen molar-refractivity contribution < 1.29 is 23.1 Å². The number of fused-ring (bicyclic) bond motifs is 1. The lowest BCUT2D eigenvalue weighted by molar-refractivity contribution is 0.0595. The Morgan fingerprint density at radius 1 is 0.956 bits per heavy atom. The number of anilines is 2. The first-order valence-electron chi connectivity index (χ1n) is 15.5. The molecule has 4 aromatic rings. The molecule has 0 unspecified atom stereocenters. The highest BCUT2D eigenvalue weighted by molar-refractivity contribution is 6.11. The van der Waals surface area contributed by atoms with E-state index in [4.69, 9.17) is 4.74 Å². The summed E-state index contributed by atoms with van der Waals surface area (Å²) in [7, 11) is 0. The third-order valence-corrected chi connectivity index (χ3v) is 8.61. The molecule has 3 N–H and O–H groups in total. The molecule has 0 saturated carbocycles. The highest BCUT2D eigenvalue weighted by Crippen LogP contribution is 2.27. The first-order chi connectivity index (χ1) is 21.7. The van der Waals surface area contributed by atoms with Crippen molar-refractivity contribution in [3.8, 4) is 0 Å². The number of aromatic amines is 1. The predicted octanol–water partition coefficient (Wildman–Crippen LogP) is 5.44. The van der Waals surface area contributed by atoms with Crippen LogP contribution >= 0.6 is 0 Å². The largest absolute Gasteiger partial charge is 0.381 e. The van der Waals surface area contributed by atoms with Gasteiger partial charge in [0.15, 0.2) is 5.82 Å². The van der Waals surface area contributed by atoms with Crippen LogP contribution in [0.15, 0.2) is 54.6 Å². The maximum atomic E-state index is 13.8. The fraction of sp³-hybridized carbons (Fsp3) is 0.382. The molecule has 2 saturated heterocycles. The molecule has 0 bridgehead atoms. The van der Waals surface area contributed by atoms with Crippen molar-refractivity contribution in [3.05, 3.63) is 88.5 Å². The van der Waals surface area contributed by atoms with E-state index in [0.29, 0.717) is 77.9 Å². The van der Waals surface area contributed by atoms with Gasteiger partial charge in [0.2, 0.25) is 0 Å². The topological polar surface area (TPSA) is 103 Å². The number of carbonyl (C=O) groups is 2. The molecule has 3 heterocycles. The van der Waals surface area contributed by atoms with Gasteiger partial charge in [-0.15, -0.1) is 0 Å². The normalized spacial score (nSPS) is 16.3. The van der Waals surface area contributed by atoms with E-state index in [9.17, 15) is 18.4 Å². The summed E-state index contributed by atoms with van der Waals surface area (Å²) in [4.78, 5) is 31.5. The number of carbonyl (C=O) groups excluding carboxylic acids is 2. The molecule has 3 aromatic carbocycles. The lowest BCUT2D eigenvalue weighted by Crippen LogP contribution is -2.50. The van der Waals surface area contributed by atoms with Gasteiger partial charge in [0, 0.05) is 74.2 Å². The van der Waals surface area contributed by atoms with Crippen molar-refractivity contribution in [2.45, 2.75) is 45.2 Å². The molecule has 2 aliphatic rings. The molecule has 2 amide bonds. The van der Waals surface area contributed by atoms with E-state index >= 15 is 0 Å². The number of ether oxygens (including phenoxy) is 1. The molecular formula is C34H38F2N6O3. The van der Waals surface area contributed by atoms with Crippen molar-refractivity contribution in [1.82, 2.24) is 20.0 Å². The molecule has 1 aromatic heterocycles. The number of hydrogen-bond acceptors (Lipinski definition) is 6. The quantitative estimate of drug-likeness (QED) is 0.244. The summed E-state index contributed by atoms with van der Waals surface area (Å²) >= 11 is 0. The van der Waals surface area contributed by atoms with Gasteiger partial charge in [0.25, 0.3) is 11.8 Å².